The highest BCUT2D eigenvalue weighted by Gasteiger charge is 2.39. The summed E-state index contributed by atoms with van der Waals surface area (Å²) in [4.78, 5) is 15.1. The van der Waals surface area contributed by atoms with Crippen LogP contribution in [-0.2, 0) is 20.7 Å². The van der Waals surface area contributed by atoms with Crippen LogP contribution in [0.4, 0.5) is 5.69 Å². The molecule has 1 aromatic carbocycles. The first-order valence-electron chi connectivity index (χ1n) is 9.18. The molecule has 2 aliphatic rings. The van der Waals surface area contributed by atoms with E-state index in [9.17, 15) is 4.79 Å². The van der Waals surface area contributed by atoms with Crippen molar-refractivity contribution in [3.05, 3.63) is 29.8 Å². The van der Waals surface area contributed by atoms with E-state index in [0.29, 0.717) is 12.8 Å². The van der Waals surface area contributed by atoms with Crippen molar-refractivity contribution >= 4 is 11.6 Å². The van der Waals surface area contributed by atoms with Gasteiger partial charge in [0.1, 0.15) is 5.60 Å². The summed E-state index contributed by atoms with van der Waals surface area (Å²) in [6.07, 6.45) is 2.42. The lowest BCUT2D eigenvalue weighted by Gasteiger charge is -2.34. The van der Waals surface area contributed by atoms with Gasteiger partial charge in [-0.15, -0.1) is 0 Å². The highest BCUT2D eigenvalue weighted by Crippen LogP contribution is 2.24. The van der Waals surface area contributed by atoms with E-state index in [0.717, 1.165) is 58.0 Å². The first-order valence-corrected chi connectivity index (χ1v) is 9.18. The molecule has 0 bridgehead atoms. The van der Waals surface area contributed by atoms with Gasteiger partial charge >= 0.3 is 0 Å². The number of anilines is 1. The molecule has 0 atom stereocenters. The first-order chi connectivity index (χ1) is 12.2. The molecule has 0 saturated carbocycles. The number of rotatable bonds is 6. The molecule has 1 aromatic rings. The average Bonchev–Trinajstić information content (AvgIpc) is 2.68. The Bertz CT molecular complexity index is 550. The molecule has 2 aliphatic heterocycles. The van der Waals surface area contributed by atoms with Gasteiger partial charge in [0, 0.05) is 32.4 Å². The van der Waals surface area contributed by atoms with E-state index < -0.39 is 5.60 Å². The third-order valence-electron chi connectivity index (χ3n) is 5.25. The van der Waals surface area contributed by atoms with Crippen molar-refractivity contribution in [3.8, 4) is 0 Å². The Kier molecular flexibility index (Phi) is 6.42. The van der Waals surface area contributed by atoms with Crippen LogP contribution in [0.3, 0.4) is 0 Å². The number of benzene rings is 1. The monoisotopic (exact) mass is 347 g/mol. The second kappa shape index (κ2) is 8.76. The van der Waals surface area contributed by atoms with Gasteiger partial charge in [-0.2, -0.15) is 0 Å². The van der Waals surface area contributed by atoms with E-state index >= 15 is 0 Å². The summed E-state index contributed by atoms with van der Waals surface area (Å²) in [5, 5.41) is 6.29. The lowest BCUT2D eigenvalue weighted by Crippen LogP contribution is -2.51. The third-order valence-corrected chi connectivity index (χ3v) is 5.25. The van der Waals surface area contributed by atoms with Gasteiger partial charge in [-0.05, 0) is 50.0 Å². The van der Waals surface area contributed by atoms with E-state index in [1.165, 1.54) is 5.56 Å². The molecule has 0 aliphatic carbocycles. The van der Waals surface area contributed by atoms with E-state index in [1.807, 2.05) is 12.1 Å². The minimum absolute atomic E-state index is 0.0439. The molecule has 0 radical (unpaired) electrons. The maximum atomic E-state index is 12.7. The number of nitrogens with zero attached hydrogens (tertiary/aromatic N) is 1. The Labute approximate surface area is 149 Å². The van der Waals surface area contributed by atoms with Gasteiger partial charge in [0.15, 0.2) is 0 Å². The number of hydrogen-bond donors (Lipinski definition) is 2. The van der Waals surface area contributed by atoms with Crippen LogP contribution in [0.15, 0.2) is 24.3 Å². The van der Waals surface area contributed by atoms with Gasteiger partial charge in [0.2, 0.25) is 0 Å². The molecule has 1 amide bonds. The number of piperidine rings is 1. The second-order valence-corrected chi connectivity index (χ2v) is 6.80. The second-order valence-electron chi connectivity index (χ2n) is 6.80. The fourth-order valence-electron chi connectivity index (χ4n) is 3.47. The Morgan fingerprint density at radius 1 is 1.24 bits per heavy atom. The number of amides is 1. The van der Waals surface area contributed by atoms with Crippen molar-refractivity contribution < 1.29 is 14.3 Å². The molecule has 138 valence electrons. The Morgan fingerprint density at radius 2 is 1.92 bits per heavy atom. The summed E-state index contributed by atoms with van der Waals surface area (Å²) in [7, 11) is 1.62. The SMILES string of the molecule is COC1(C(=O)Nc2ccc(CCN3CCOCC3)cc2)CCNCC1. The van der Waals surface area contributed by atoms with Crippen molar-refractivity contribution in [1.82, 2.24) is 10.2 Å². The molecule has 25 heavy (non-hydrogen) atoms. The summed E-state index contributed by atoms with van der Waals surface area (Å²) < 4.78 is 11.0. The molecule has 6 nitrogen and oxygen atoms in total. The molecule has 0 unspecified atom stereocenters. The van der Waals surface area contributed by atoms with Crippen molar-refractivity contribution in [2.75, 3.05) is 58.4 Å². The Hall–Kier alpha value is -1.47. The number of methoxy groups -OCH3 is 1. The van der Waals surface area contributed by atoms with Gasteiger partial charge in [-0.1, -0.05) is 12.1 Å². The van der Waals surface area contributed by atoms with Crippen LogP contribution in [0.5, 0.6) is 0 Å². The highest BCUT2D eigenvalue weighted by atomic mass is 16.5. The Balaban J connectivity index is 1.52. The van der Waals surface area contributed by atoms with Gasteiger partial charge in [0.25, 0.3) is 5.91 Å². The normalized spacial score (nSPS) is 21.0. The molecule has 2 N–H and O–H groups in total. The van der Waals surface area contributed by atoms with Crippen molar-refractivity contribution in [2.24, 2.45) is 0 Å². The molecule has 0 aromatic heterocycles. The lowest BCUT2D eigenvalue weighted by atomic mass is 9.91. The third kappa shape index (κ3) is 4.79. The van der Waals surface area contributed by atoms with Crippen LogP contribution in [0.25, 0.3) is 0 Å². The fraction of sp³-hybridized carbons (Fsp3) is 0.632. The van der Waals surface area contributed by atoms with Gasteiger partial charge in [0.05, 0.1) is 13.2 Å². The molecule has 2 saturated heterocycles. The zero-order valence-electron chi connectivity index (χ0n) is 15.1. The number of morpholine rings is 1. The molecule has 2 fully saturated rings. The standard InChI is InChI=1S/C19H29N3O3/c1-24-19(7-9-20-10-8-19)18(23)21-17-4-2-16(3-5-17)6-11-22-12-14-25-15-13-22/h2-5,20H,6-15H2,1H3,(H,21,23). The zero-order chi connectivity index (χ0) is 17.5. The zero-order valence-corrected chi connectivity index (χ0v) is 15.1. The maximum absolute atomic E-state index is 12.7. The van der Waals surface area contributed by atoms with Crippen LogP contribution >= 0.6 is 0 Å². The lowest BCUT2D eigenvalue weighted by molar-refractivity contribution is -0.140. The number of hydrogen-bond acceptors (Lipinski definition) is 5. The van der Waals surface area contributed by atoms with Crippen LogP contribution in [0.1, 0.15) is 18.4 Å². The van der Waals surface area contributed by atoms with Gasteiger partial charge in [-0.3, -0.25) is 9.69 Å². The number of carbonyl (C=O) groups excluding carboxylic acids is 1. The maximum Gasteiger partial charge on any atom is 0.256 e. The predicted molar refractivity (Wildman–Crippen MR) is 97.9 cm³/mol. The Morgan fingerprint density at radius 3 is 2.56 bits per heavy atom. The molecular formula is C19H29N3O3. The largest absolute Gasteiger partial charge is 0.379 e. The molecule has 3 rings (SSSR count). The van der Waals surface area contributed by atoms with Crippen LogP contribution < -0.4 is 10.6 Å². The summed E-state index contributed by atoms with van der Waals surface area (Å²) in [5.74, 6) is -0.0439. The first kappa shape index (κ1) is 18.3. The van der Waals surface area contributed by atoms with Crippen molar-refractivity contribution in [3.63, 3.8) is 0 Å². The van der Waals surface area contributed by atoms with E-state index in [-0.39, 0.29) is 5.91 Å². The summed E-state index contributed by atoms with van der Waals surface area (Å²) in [6.45, 7) is 6.37. The topological polar surface area (TPSA) is 62.8 Å². The van der Waals surface area contributed by atoms with Crippen molar-refractivity contribution in [1.29, 1.82) is 0 Å². The summed E-state index contributed by atoms with van der Waals surface area (Å²) in [6, 6.07) is 8.16. The minimum Gasteiger partial charge on any atom is -0.379 e. The van der Waals surface area contributed by atoms with Crippen LogP contribution in [-0.4, -0.2) is 69.5 Å². The van der Waals surface area contributed by atoms with Gasteiger partial charge in [-0.25, -0.2) is 0 Å². The van der Waals surface area contributed by atoms with Crippen LogP contribution in [0, 0.1) is 0 Å². The number of ether oxygens (including phenoxy) is 2. The van der Waals surface area contributed by atoms with E-state index in [1.54, 1.807) is 7.11 Å². The summed E-state index contributed by atoms with van der Waals surface area (Å²) in [5.41, 5.74) is 1.41. The van der Waals surface area contributed by atoms with Crippen molar-refractivity contribution in [2.45, 2.75) is 24.9 Å². The molecule has 2 heterocycles. The smallest absolute Gasteiger partial charge is 0.256 e. The highest BCUT2D eigenvalue weighted by molar-refractivity contribution is 5.97. The summed E-state index contributed by atoms with van der Waals surface area (Å²) >= 11 is 0. The van der Waals surface area contributed by atoms with Crippen LogP contribution in [0.2, 0.25) is 0 Å². The van der Waals surface area contributed by atoms with E-state index in [2.05, 4.69) is 27.7 Å². The average molecular weight is 347 g/mol. The quantitative estimate of drug-likeness (QED) is 0.811. The molecule has 0 spiro atoms. The fourth-order valence-corrected chi connectivity index (χ4v) is 3.47. The minimum atomic E-state index is -0.708. The number of nitrogens with one attached hydrogen (secondary N) is 2. The van der Waals surface area contributed by atoms with E-state index in [4.69, 9.17) is 9.47 Å². The van der Waals surface area contributed by atoms with Gasteiger partial charge < -0.3 is 20.1 Å². The molecule has 6 heteroatoms. The molecular weight excluding hydrogens is 318 g/mol. The number of carbonyl (C=O) groups is 1. The predicted octanol–water partition coefficient (Wildman–Crippen LogP) is 1.27.